The summed E-state index contributed by atoms with van der Waals surface area (Å²) in [5, 5.41) is 27.6. The molecule has 11 heteroatoms. The number of fused-ring (bicyclic) bond motifs is 1. The van der Waals surface area contributed by atoms with Crippen LogP contribution in [0.5, 0.6) is 0 Å². The van der Waals surface area contributed by atoms with Crippen LogP contribution in [0, 0.1) is 11.3 Å². The Kier molecular flexibility index (Phi) is 4.66. The van der Waals surface area contributed by atoms with Crippen LogP contribution in [0.15, 0.2) is 18.5 Å². The Labute approximate surface area is 163 Å². The van der Waals surface area contributed by atoms with Gasteiger partial charge in [0.1, 0.15) is 18.1 Å². The van der Waals surface area contributed by atoms with Gasteiger partial charge in [-0.3, -0.25) is 14.9 Å². The predicted molar refractivity (Wildman–Crippen MR) is 95.2 cm³/mol. The highest BCUT2D eigenvalue weighted by Gasteiger charge is 2.53. The van der Waals surface area contributed by atoms with E-state index in [-0.39, 0.29) is 17.3 Å². The van der Waals surface area contributed by atoms with E-state index in [1.165, 1.54) is 6.20 Å². The molecule has 2 unspecified atom stereocenters. The number of carbonyl (C=O) groups excluding carboxylic acids is 1. The summed E-state index contributed by atoms with van der Waals surface area (Å²) >= 11 is 0. The molecule has 2 aliphatic rings. The third-order valence-corrected chi connectivity index (χ3v) is 5.44. The molecule has 1 fully saturated rings. The molecule has 0 bridgehead atoms. The van der Waals surface area contributed by atoms with E-state index in [9.17, 15) is 23.1 Å². The maximum Gasteiger partial charge on any atom is 0.398 e. The first-order chi connectivity index (χ1) is 13.8. The Balaban J connectivity index is 1.57. The topological polar surface area (TPSA) is 118 Å². The van der Waals surface area contributed by atoms with E-state index >= 15 is 0 Å². The number of nitriles is 1. The predicted octanol–water partition coefficient (Wildman–Crippen LogP) is 2.02. The second-order valence-corrected chi connectivity index (χ2v) is 7.16. The highest BCUT2D eigenvalue weighted by Crippen LogP contribution is 2.47. The molecule has 0 spiro atoms. The van der Waals surface area contributed by atoms with Crippen LogP contribution in [-0.4, -0.2) is 51.6 Å². The van der Waals surface area contributed by atoms with Gasteiger partial charge in [0.25, 0.3) is 5.91 Å². The van der Waals surface area contributed by atoms with E-state index < -0.39 is 24.1 Å². The van der Waals surface area contributed by atoms with Gasteiger partial charge in [-0.05, 0) is 18.9 Å². The molecule has 29 heavy (non-hydrogen) atoms. The van der Waals surface area contributed by atoms with Crippen molar-refractivity contribution < 1.29 is 23.1 Å². The average Bonchev–Trinajstić information content (AvgIpc) is 3.10. The summed E-state index contributed by atoms with van der Waals surface area (Å²) < 4.78 is 40.8. The summed E-state index contributed by atoms with van der Waals surface area (Å²) in [6, 6.07) is 3.75. The van der Waals surface area contributed by atoms with Crippen LogP contribution in [-0.2, 0) is 4.79 Å². The summed E-state index contributed by atoms with van der Waals surface area (Å²) in [6.45, 7) is 1.11. The SMILES string of the molecule is N#Cc1cncc(N2CCC(c3[nH]nc4c3C(C(F)(F)F)C(O)C(=O)N4)CC2)c1. The standard InChI is InChI=1S/C18H17F3N6O2/c19-18(20,21)13-12-14(25-26-16(12)24-17(29)15(13)28)10-1-3-27(4-2-10)11-5-9(6-22)7-23-8-11/h5,7-8,10,13,15,28H,1-4H2,(H2,24,25,26,29). The molecule has 0 saturated carbocycles. The van der Waals surface area contributed by atoms with Crippen molar-refractivity contribution in [2.24, 2.45) is 0 Å². The number of piperidine rings is 1. The van der Waals surface area contributed by atoms with Crippen LogP contribution < -0.4 is 10.2 Å². The molecule has 2 aliphatic heterocycles. The van der Waals surface area contributed by atoms with E-state index in [0.717, 1.165) is 5.69 Å². The maximum atomic E-state index is 13.6. The fraction of sp³-hybridized carbons (Fsp3) is 0.444. The fourth-order valence-corrected chi connectivity index (χ4v) is 4.02. The zero-order valence-electron chi connectivity index (χ0n) is 15.1. The number of anilines is 2. The first-order valence-corrected chi connectivity index (χ1v) is 9.03. The molecular formula is C18H17F3N6O2. The van der Waals surface area contributed by atoms with E-state index in [1.54, 1.807) is 12.3 Å². The lowest BCUT2D eigenvalue weighted by Gasteiger charge is -2.35. The Morgan fingerprint density at radius 3 is 2.66 bits per heavy atom. The summed E-state index contributed by atoms with van der Waals surface area (Å²) in [6.07, 6.45) is -2.80. The van der Waals surface area contributed by atoms with Crippen LogP contribution in [0.3, 0.4) is 0 Å². The number of aliphatic hydroxyl groups excluding tert-OH is 1. The Morgan fingerprint density at radius 1 is 1.28 bits per heavy atom. The number of hydrogen-bond acceptors (Lipinski definition) is 6. The third kappa shape index (κ3) is 3.40. The van der Waals surface area contributed by atoms with Crippen LogP contribution in [0.1, 0.15) is 41.5 Å². The lowest BCUT2D eigenvalue weighted by Crippen LogP contribution is -2.44. The summed E-state index contributed by atoms with van der Waals surface area (Å²) in [4.78, 5) is 17.8. The van der Waals surface area contributed by atoms with Gasteiger partial charge in [0, 0.05) is 36.5 Å². The summed E-state index contributed by atoms with van der Waals surface area (Å²) in [7, 11) is 0. The lowest BCUT2D eigenvalue weighted by atomic mass is 9.83. The first-order valence-electron chi connectivity index (χ1n) is 9.03. The van der Waals surface area contributed by atoms with Crippen molar-refractivity contribution in [1.82, 2.24) is 15.2 Å². The van der Waals surface area contributed by atoms with Gasteiger partial charge in [-0.1, -0.05) is 0 Å². The number of rotatable bonds is 2. The second kappa shape index (κ2) is 7.04. The molecule has 1 saturated heterocycles. The molecule has 0 aliphatic carbocycles. The maximum absolute atomic E-state index is 13.6. The number of halogens is 3. The minimum absolute atomic E-state index is 0.175. The highest BCUT2D eigenvalue weighted by atomic mass is 19.4. The molecule has 2 aromatic heterocycles. The van der Waals surface area contributed by atoms with Crippen molar-refractivity contribution in [3.8, 4) is 6.07 Å². The van der Waals surface area contributed by atoms with Gasteiger partial charge in [-0.2, -0.15) is 23.5 Å². The van der Waals surface area contributed by atoms with Crippen LogP contribution in [0.4, 0.5) is 24.7 Å². The normalized spacial score (nSPS) is 22.7. The van der Waals surface area contributed by atoms with Crippen molar-refractivity contribution in [1.29, 1.82) is 5.26 Å². The number of hydrogen-bond donors (Lipinski definition) is 3. The van der Waals surface area contributed by atoms with Gasteiger partial charge >= 0.3 is 6.18 Å². The highest BCUT2D eigenvalue weighted by molar-refractivity contribution is 5.97. The number of aromatic nitrogens is 3. The van der Waals surface area contributed by atoms with E-state index in [0.29, 0.717) is 37.2 Å². The number of aliphatic hydroxyl groups is 1. The number of carbonyl (C=O) groups is 1. The monoisotopic (exact) mass is 406 g/mol. The zero-order chi connectivity index (χ0) is 20.8. The Hall–Kier alpha value is -3.13. The minimum Gasteiger partial charge on any atom is -0.382 e. The van der Waals surface area contributed by atoms with Crippen molar-refractivity contribution in [3.63, 3.8) is 0 Å². The molecule has 1 amide bonds. The minimum atomic E-state index is -4.78. The van der Waals surface area contributed by atoms with Crippen molar-refractivity contribution >= 4 is 17.4 Å². The molecule has 152 valence electrons. The van der Waals surface area contributed by atoms with Gasteiger partial charge in [-0.25, -0.2) is 0 Å². The van der Waals surface area contributed by atoms with Gasteiger partial charge in [0.15, 0.2) is 5.82 Å². The van der Waals surface area contributed by atoms with Crippen LogP contribution >= 0.6 is 0 Å². The third-order valence-electron chi connectivity index (χ3n) is 5.44. The number of nitrogens with zero attached hydrogens (tertiary/aromatic N) is 4. The Bertz CT molecular complexity index is 975. The van der Waals surface area contributed by atoms with Gasteiger partial charge < -0.3 is 15.3 Å². The molecule has 2 aromatic rings. The van der Waals surface area contributed by atoms with E-state index in [2.05, 4.69) is 20.5 Å². The number of aromatic amines is 1. The molecule has 2 atom stereocenters. The average molecular weight is 406 g/mol. The fourth-order valence-electron chi connectivity index (χ4n) is 4.02. The quantitative estimate of drug-likeness (QED) is 0.702. The van der Waals surface area contributed by atoms with E-state index in [4.69, 9.17) is 5.26 Å². The van der Waals surface area contributed by atoms with Crippen LogP contribution in [0.25, 0.3) is 0 Å². The van der Waals surface area contributed by atoms with Crippen molar-refractivity contribution in [2.45, 2.75) is 37.0 Å². The summed E-state index contributed by atoms with van der Waals surface area (Å²) in [5.74, 6) is -3.83. The largest absolute Gasteiger partial charge is 0.398 e. The number of H-pyrrole nitrogens is 1. The van der Waals surface area contributed by atoms with Gasteiger partial charge in [-0.15, -0.1) is 0 Å². The summed E-state index contributed by atoms with van der Waals surface area (Å²) in [5.41, 5.74) is 1.33. The number of nitrogens with one attached hydrogen (secondary N) is 2. The van der Waals surface area contributed by atoms with E-state index in [1.807, 2.05) is 11.0 Å². The van der Waals surface area contributed by atoms with Crippen LogP contribution in [0.2, 0.25) is 0 Å². The number of amides is 1. The number of alkyl halides is 3. The van der Waals surface area contributed by atoms with Gasteiger partial charge in [0.2, 0.25) is 0 Å². The van der Waals surface area contributed by atoms with Gasteiger partial charge in [0.05, 0.1) is 17.4 Å². The zero-order valence-corrected chi connectivity index (χ0v) is 15.1. The Morgan fingerprint density at radius 2 is 2.00 bits per heavy atom. The molecule has 0 radical (unpaired) electrons. The smallest absolute Gasteiger partial charge is 0.382 e. The molecule has 0 aromatic carbocycles. The molecular weight excluding hydrogens is 389 g/mol. The number of pyridine rings is 1. The van der Waals surface area contributed by atoms with Crippen molar-refractivity contribution in [2.75, 3.05) is 23.3 Å². The van der Waals surface area contributed by atoms with Crippen molar-refractivity contribution in [3.05, 3.63) is 35.3 Å². The lowest BCUT2D eigenvalue weighted by molar-refractivity contribution is -0.177. The first kappa shape index (κ1) is 19.2. The second-order valence-electron chi connectivity index (χ2n) is 7.16. The molecule has 8 nitrogen and oxygen atoms in total. The molecule has 4 rings (SSSR count). The molecule has 3 N–H and O–H groups in total. The molecule has 4 heterocycles.